The largest absolute Gasteiger partial charge is 0.490 e. The Kier molecular flexibility index (Phi) is 6.82. The van der Waals surface area contributed by atoms with Crippen molar-refractivity contribution in [2.75, 3.05) is 36.9 Å². The van der Waals surface area contributed by atoms with Crippen LogP contribution in [0.15, 0.2) is 30.5 Å². The number of pyridine rings is 2. The topological polar surface area (TPSA) is 104 Å². The highest BCUT2D eigenvalue weighted by Crippen LogP contribution is 2.39. The van der Waals surface area contributed by atoms with Gasteiger partial charge in [0.15, 0.2) is 5.82 Å². The summed E-state index contributed by atoms with van der Waals surface area (Å²) in [6.45, 7) is 14.6. The molecule has 4 N–H and O–H groups in total. The second-order valence-corrected chi connectivity index (χ2v) is 7.90. The molecule has 4 rings (SSSR count). The fourth-order valence-electron chi connectivity index (χ4n) is 3.80. The average Bonchev–Trinajstić information content (AvgIpc) is 3.22. The molecule has 9 nitrogen and oxygen atoms in total. The van der Waals surface area contributed by atoms with Gasteiger partial charge in [-0.05, 0) is 69.5 Å². The lowest BCUT2D eigenvalue weighted by Gasteiger charge is -2.25. The third-order valence-corrected chi connectivity index (χ3v) is 5.42. The smallest absolute Gasteiger partial charge is 0.231 e. The second-order valence-electron chi connectivity index (χ2n) is 7.90. The predicted octanol–water partition coefficient (Wildman–Crippen LogP) is 4.07. The first-order valence-corrected chi connectivity index (χ1v) is 10.8. The molecule has 0 bridgehead atoms. The quantitative estimate of drug-likeness (QED) is 0.314. The number of rotatable bonds is 8. The maximum absolute atomic E-state index is 7.83. The van der Waals surface area contributed by atoms with Crippen LogP contribution in [-0.2, 0) is 0 Å². The Morgan fingerprint density at radius 2 is 2.03 bits per heavy atom. The minimum atomic E-state index is 0.320. The molecule has 4 heterocycles. The molecule has 9 heteroatoms. The van der Waals surface area contributed by atoms with Crippen LogP contribution in [0.2, 0.25) is 0 Å². The molecule has 32 heavy (non-hydrogen) atoms. The van der Waals surface area contributed by atoms with Gasteiger partial charge >= 0.3 is 0 Å². The van der Waals surface area contributed by atoms with E-state index in [1.54, 1.807) is 6.20 Å². The van der Waals surface area contributed by atoms with E-state index in [-0.39, 0.29) is 0 Å². The molecule has 3 aromatic rings. The van der Waals surface area contributed by atoms with Gasteiger partial charge in [0.2, 0.25) is 5.69 Å². The maximum atomic E-state index is 7.83. The Morgan fingerprint density at radius 1 is 1.19 bits per heavy atom. The summed E-state index contributed by atoms with van der Waals surface area (Å²) in [6.07, 6.45) is 3.71. The number of ether oxygens (including phenoxy) is 1. The number of aromatic nitrogens is 4. The number of aryl methyl sites for hydroxylation is 2. The number of aromatic amines is 1. The van der Waals surface area contributed by atoms with Crippen molar-refractivity contribution in [2.24, 2.45) is 0 Å². The summed E-state index contributed by atoms with van der Waals surface area (Å²) in [5.74, 6) is 2.97. The molecule has 0 saturated carbocycles. The molecule has 0 unspecified atom stereocenters. The van der Waals surface area contributed by atoms with E-state index in [9.17, 15) is 0 Å². The van der Waals surface area contributed by atoms with Crippen molar-refractivity contribution in [1.82, 2.24) is 25.5 Å². The van der Waals surface area contributed by atoms with E-state index in [1.807, 2.05) is 38.1 Å². The number of piperidine rings is 1. The lowest BCUT2D eigenvalue weighted by Crippen LogP contribution is -2.26. The number of H-pyrrole nitrogens is 1. The minimum absolute atomic E-state index is 0.320. The molecular weight excluding hydrogens is 404 g/mol. The van der Waals surface area contributed by atoms with Crippen LogP contribution in [0.25, 0.3) is 4.85 Å². The van der Waals surface area contributed by atoms with Crippen molar-refractivity contribution in [3.05, 3.63) is 58.8 Å². The first-order valence-electron chi connectivity index (χ1n) is 10.8. The average molecular weight is 433 g/mol. The van der Waals surface area contributed by atoms with Gasteiger partial charge in [-0.1, -0.05) is 0 Å². The van der Waals surface area contributed by atoms with Gasteiger partial charge in [0.1, 0.15) is 24.0 Å². The second kappa shape index (κ2) is 10.1. The molecule has 1 fully saturated rings. The summed E-state index contributed by atoms with van der Waals surface area (Å²) < 4.78 is 5.76. The Bertz CT molecular complexity index is 1080. The molecule has 0 amide bonds. The van der Waals surface area contributed by atoms with Crippen LogP contribution >= 0.6 is 0 Å². The van der Waals surface area contributed by atoms with Crippen LogP contribution in [0.1, 0.15) is 35.7 Å². The van der Waals surface area contributed by atoms with Gasteiger partial charge < -0.3 is 20.7 Å². The Balaban J connectivity index is 1.53. The van der Waals surface area contributed by atoms with Crippen molar-refractivity contribution in [3.8, 4) is 5.75 Å². The summed E-state index contributed by atoms with van der Waals surface area (Å²) >= 11 is 0. The van der Waals surface area contributed by atoms with E-state index < -0.39 is 0 Å². The van der Waals surface area contributed by atoms with Crippen molar-refractivity contribution >= 4 is 23.1 Å². The Morgan fingerprint density at radius 3 is 2.72 bits per heavy atom. The van der Waals surface area contributed by atoms with Crippen molar-refractivity contribution in [1.29, 1.82) is 0 Å². The molecule has 3 aromatic heterocycles. The van der Waals surface area contributed by atoms with Crippen LogP contribution in [0, 0.1) is 20.4 Å². The van der Waals surface area contributed by atoms with E-state index in [0.29, 0.717) is 42.2 Å². The zero-order valence-electron chi connectivity index (χ0n) is 18.4. The molecule has 0 atom stereocenters. The van der Waals surface area contributed by atoms with E-state index in [1.165, 1.54) is 0 Å². The molecule has 0 radical (unpaired) electrons. The highest BCUT2D eigenvalue weighted by molar-refractivity contribution is 5.74. The first-order chi connectivity index (χ1) is 15.6. The fourth-order valence-corrected chi connectivity index (χ4v) is 3.80. The van der Waals surface area contributed by atoms with E-state index in [4.69, 9.17) is 11.3 Å². The number of hydrogen-bond acceptors (Lipinski definition) is 7. The van der Waals surface area contributed by atoms with Crippen molar-refractivity contribution < 1.29 is 4.74 Å². The Labute approximate surface area is 187 Å². The third-order valence-electron chi connectivity index (χ3n) is 5.42. The highest BCUT2D eigenvalue weighted by Gasteiger charge is 2.22. The van der Waals surface area contributed by atoms with E-state index in [0.717, 1.165) is 48.6 Å². The van der Waals surface area contributed by atoms with Crippen molar-refractivity contribution in [2.45, 2.75) is 32.6 Å². The normalized spacial score (nSPS) is 14.0. The minimum Gasteiger partial charge on any atom is -0.490 e. The standard InChI is InChI=1S/C23H28N8O/c1-15-4-5-18(14-27-15)32-11-10-26-23-22(24-3)19(17-6-8-25-9-7-17)13-20(29-23)28-21-12-16(2)30-31-21/h4-5,12-14,17,25H,6-11H2,1-2H3,(H3,26,28,29,30,31). The fraction of sp³-hybridized carbons (Fsp3) is 0.391. The maximum Gasteiger partial charge on any atom is 0.231 e. The van der Waals surface area contributed by atoms with Gasteiger partial charge in [-0.2, -0.15) is 5.10 Å². The van der Waals surface area contributed by atoms with Gasteiger partial charge in [-0.3, -0.25) is 10.1 Å². The van der Waals surface area contributed by atoms with Gasteiger partial charge in [0.25, 0.3) is 0 Å². The highest BCUT2D eigenvalue weighted by atomic mass is 16.5. The zero-order valence-corrected chi connectivity index (χ0v) is 18.4. The molecule has 0 spiro atoms. The van der Waals surface area contributed by atoms with Crippen LogP contribution in [0.4, 0.5) is 23.1 Å². The molecular formula is C23H28N8O. The number of hydrogen-bond donors (Lipinski definition) is 4. The molecule has 0 aromatic carbocycles. The van der Waals surface area contributed by atoms with Gasteiger partial charge in [-0.15, -0.1) is 0 Å². The number of anilines is 3. The zero-order chi connectivity index (χ0) is 22.3. The molecule has 1 aliphatic rings. The lowest BCUT2D eigenvalue weighted by atomic mass is 9.89. The summed E-state index contributed by atoms with van der Waals surface area (Å²) in [4.78, 5) is 12.8. The molecule has 1 saturated heterocycles. The third kappa shape index (κ3) is 5.34. The predicted molar refractivity (Wildman–Crippen MR) is 125 cm³/mol. The van der Waals surface area contributed by atoms with Crippen molar-refractivity contribution in [3.63, 3.8) is 0 Å². The van der Waals surface area contributed by atoms with Gasteiger partial charge in [0.05, 0.1) is 12.8 Å². The molecule has 166 valence electrons. The van der Waals surface area contributed by atoms with E-state index >= 15 is 0 Å². The van der Waals surface area contributed by atoms with Gasteiger partial charge in [0, 0.05) is 24.0 Å². The summed E-state index contributed by atoms with van der Waals surface area (Å²) in [7, 11) is 0. The number of nitrogens with one attached hydrogen (secondary N) is 4. The van der Waals surface area contributed by atoms with Crippen LogP contribution < -0.4 is 20.7 Å². The molecule has 1 aliphatic heterocycles. The van der Waals surface area contributed by atoms with Gasteiger partial charge in [-0.25, -0.2) is 9.83 Å². The van der Waals surface area contributed by atoms with E-state index in [2.05, 4.69) is 41.0 Å². The number of nitrogens with zero attached hydrogens (tertiary/aromatic N) is 4. The SMILES string of the molecule is [C-]#[N+]c1c(C2CCNCC2)cc(Nc2cc(C)[nH]n2)nc1NCCOc1ccc(C)nc1. The van der Waals surface area contributed by atoms with Crippen LogP contribution in [0.5, 0.6) is 5.75 Å². The Hall–Kier alpha value is -3.64. The summed E-state index contributed by atoms with van der Waals surface area (Å²) in [6, 6.07) is 7.73. The van der Waals surface area contributed by atoms with Crippen LogP contribution in [0.3, 0.4) is 0 Å². The van der Waals surface area contributed by atoms with Crippen LogP contribution in [-0.4, -0.2) is 46.4 Å². The lowest BCUT2D eigenvalue weighted by molar-refractivity contribution is 0.331. The first kappa shape index (κ1) is 21.6. The summed E-state index contributed by atoms with van der Waals surface area (Å²) in [5.41, 5.74) is 3.52. The monoisotopic (exact) mass is 432 g/mol. The summed E-state index contributed by atoms with van der Waals surface area (Å²) in [5, 5.41) is 17.1. The molecule has 0 aliphatic carbocycles.